The van der Waals surface area contributed by atoms with E-state index in [1.54, 1.807) is 54.6 Å². The lowest BCUT2D eigenvalue weighted by atomic mass is 9.62. The number of carbonyl (C=O) groups excluding carboxylic acids is 2. The van der Waals surface area contributed by atoms with E-state index in [4.69, 9.17) is 28.5 Å². The third kappa shape index (κ3) is 4.67. The normalized spacial score (nSPS) is 23.8. The number of nitrogens with zero attached hydrogens (tertiary/aromatic N) is 1. The van der Waals surface area contributed by atoms with Crippen LogP contribution in [-0.4, -0.2) is 23.9 Å². The Hall–Kier alpha value is -3.44. The summed E-state index contributed by atoms with van der Waals surface area (Å²) in [5.41, 5.74) is 0.715. The Morgan fingerprint density at radius 1 is 1.13 bits per heavy atom. The molecule has 6 nitrogen and oxygen atoms in total. The van der Waals surface area contributed by atoms with Gasteiger partial charge in [-0.15, -0.1) is 0 Å². The zero-order chi connectivity index (χ0) is 28.1. The van der Waals surface area contributed by atoms with Crippen LogP contribution >= 0.6 is 23.2 Å². The first-order valence-corrected chi connectivity index (χ1v) is 13.3. The monoisotopic (exact) mass is 564 g/mol. The number of halogens is 3. The van der Waals surface area contributed by atoms with Crippen molar-refractivity contribution in [1.29, 1.82) is 5.26 Å². The number of hydrogen-bond acceptors (Lipinski definition) is 4. The van der Waals surface area contributed by atoms with Crippen molar-refractivity contribution in [3.05, 3.63) is 93.2 Å². The summed E-state index contributed by atoms with van der Waals surface area (Å²) in [5, 5.41) is 18.8. The maximum absolute atomic E-state index is 15.8. The smallest absolute Gasteiger partial charge is 0.242 e. The predicted octanol–water partition coefficient (Wildman–Crippen LogP) is 6.39. The fourth-order valence-corrected chi connectivity index (χ4v) is 6.35. The van der Waals surface area contributed by atoms with Gasteiger partial charge >= 0.3 is 0 Å². The standard InChI is InChI=1S/C30H27Cl2FN4O2/c1-29(2,3)14-23-30(20-12-9-17(31)13-22(20)36-28(30)39)24(19-5-4-6-21(32)25(19)33)26(37-23)27(38)35-18-10-7-16(15-34)8-11-18/h4-13,23-24,26,37H,14H2,1-3H3,(H,35,38)(H,36,39). The van der Waals surface area contributed by atoms with Crippen molar-refractivity contribution < 1.29 is 14.0 Å². The summed E-state index contributed by atoms with van der Waals surface area (Å²) in [6.45, 7) is 6.16. The molecule has 4 unspecified atom stereocenters. The lowest BCUT2D eigenvalue weighted by molar-refractivity contribution is -0.122. The van der Waals surface area contributed by atoms with Gasteiger partial charge in [0.25, 0.3) is 0 Å². The molecule has 2 heterocycles. The van der Waals surface area contributed by atoms with Crippen molar-refractivity contribution in [3.63, 3.8) is 0 Å². The molecule has 0 aromatic heterocycles. The van der Waals surface area contributed by atoms with E-state index in [9.17, 15) is 9.59 Å². The fourth-order valence-electron chi connectivity index (χ4n) is 6.00. The summed E-state index contributed by atoms with van der Waals surface area (Å²) >= 11 is 12.5. The van der Waals surface area contributed by atoms with Crippen LogP contribution in [0.4, 0.5) is 15.8 Å². The van der Waals surface area contributed by atoms with Crippen LogP contribution in [-0.2, 0) is 15.0 Å². The van der Waals surface area contributed by atoms with Crippen molar-refractivity contribution >= 4 is 46.4 Å². The van der Waals surface area contributed by atoms with Gasteiger partial charge in [0.05, 0.1) is 22.7 Å². The third-order valence-electron chi connectivity index (χ3n) is 7.50. The fraction of sp³-hybridized carbons (Fsp3) is 0.300. The van der Waals surface area contributed by atoms with Crippen molar-refractivity contribution in [3.8, 4) is 6.07 Å². The average Bonchev–Trinajstić information content (AvgIpc) is 3.35. The molecule has 1 saturated heterocycles. The van der Waals surface area contributed by atoms with E-state index in [0.717, 1.165) is 0 Å². The van der Waals surface area contributed by atoms with E-state index < -0.39 is 35.1 Å². The lowest BCUT2D eigenvalue weighted by Crippen LogP contribution is -2.49. The van der Waals surface area contributed by atoms with Gasteiger partial charge in [-0.25, -0.2) is 4.39 Å². The maximum atomic E-state index is 15.8. The molecule has 4 atom stereocenters. The summed E-state index contributed by atoms with van der Waals surface area (Å²) in [4.78, 5) is 28.1. The molecular weight excluding hydrogens is 538 g/mol. The molecule has 2 aliphatic heterocycles. The van der Waals surface area contributed by atoms with E-state index >= 15 is 4.39 Å². The highest BCUT2D eigenvalue weighted by Crippen LogP contribution is 2.57. The van der Waals surface area contributed by atoms with E-state index in [-0.39, 0.29) is 21.9 Å². The molecule has 0 saturated carbocycles. The highest BCUT2D eigenvalue weighted by Gasteiger charge is 2.66. The van der Waals surface area contributed by atoms with E-state index in [2.05, 4.69) is 36.7 Å². The molecule has 5 rings (SSSR count). The number of nitriles is 1. The molecule has 3 aromatic carbocycles. The number of carbonyl (C=O) groups is 2. The minimum absolute atomic E-state index is 0.0945. The zero-order valence-corrected chi connectivity index (χ0v) is 23.1. The van der Waals surface area contributed by atoms with Crippen LogP contribution in [0.1, 0.15) is 49.8 Å². The Labute approximate surface area is 236 Å². The summed E-state index contributed by atoms with van der Waals surface area (Å²) in [6, 6.07) is 16.8. The van der Waals surface area contributed by atoms with Crippen molar-refractivity contribution in [1.82, 2.24) is 5.32 Å². The van der Waals surface area contributed by atoms with Crippen LogP contribution in [0.25, 0.3) is 0 Å². The van der Waals surface area contributed by atoms with Gasteiger partial charge in [-0.1, -0.05) is 62.2 Å². The highest BCUT2D eigenvalue weighted by atomic mass is 35.5. The van der Waals surface area contributed by atoms with Crippen molar-refractivity contribution in [2.45, 2.75) is 50.6 Å². The topological polar surface area (TPSA) is 94.0 Å². The predicted molar refractivity (Wildman–Crippen MR) is 150 cm³/mol. The van der Waals surface area contributed by atoms with Crippen LogP contribution < -0.4 is 16.0 Å². The number of amides is 2. The van der Waals surface area contributed by atoms with Gasteiger partial charge in [0.2, 0.25) is 11.8 Å². The largest absolute Gasteiger partial charge is 0.325 e. The van der Waals surface area contributed by atoms with Crippen LogP contribution in [0.15, 0.2) is 60.7 Å². The molecule has 9 heteroatoms. The molecule has 2 amide bonds. The van der Waals surface area contributed by atoms with Crippen LogP contribution in [0.2, 0.25) is 10.0 Å². The first-order valence-electron chi connectivity index (χ1n) is 12.6. The SMILES string of the molecule is CC(C)(C)CC1NC(C(=O)Nc2ccc(C#N)cc2)C(c2cccc(Cl)c2F)C12C(=O)Nc1cc(Cl)ccc12. The Morgan fingerprint density at radius 2 is 1.85 bits per heavy atom. The second-order valence-electron chi connectivity index (χ2n) is 11.3. The third-order valence-corrected chi connectivity index (χ3v) is 8.03. The van der Waals surface area contributed by atoms with Crippen LogP contribution in [0.5, 0.6) is 0 Å². The summed E-state index contributed by atoms with van der Waals surface area (Å²) in [5.74, 6) is -2.38. The van der Waals surface area contributed by atoms with E-state index in [0.29, 0.717) is 33.9 Å². The number of nitrogens with one attached hydrogen (secondary N) is 3. The molecule has 1 fully saturated rings. The quantitative estimate of drug-likeness (QED) is 0.342. The summed E-state index contributed by atoms with van der Waals surface area (Å²) in [7, 11) is 0. The van der Waals surface area contributed by atoms with Gasteiger partial charge in [-0.3, -0.25) is 9.59 Å². The van der Waals surface area contributed by atoms with Crippen LogP contribution in [0.3, 0.4) is 0 Å². The van der Waals surface area contributed by atoms with Gasteiger partial charge in [0.15, 0.2) is 0 Å². The van der Waals surface area contributed by atoms with Crippen molar-refractivity contribution in [2.24, 2.45) is 5.41 Å². The number of anilines is 2. The Morgan fingerprint density at radius 3 is 2.51 bits per heavy atom. The highest BCUT2D eigenvalue weighted by molar-refractivity contribution is 6.31. The minimum atomic E-state index is -1.33. The summed E-state index contributed by atoms with van der Waals surface area (Å²) in [6.07, 6.45) is 0.516. The van der Waals surface area contributed by atoms with Gasteiger partial charge in [0.1, 0.15) is 11.2 Å². The second-order valence-corrected chi connectivity index (χ2v) is 12.1. The molecule has 39 heavy (non-hydrogen) atoms. The van der Waals surface area contributed by atoms with Gasteiger partial charge < -0.3 is 16.0 Å². The van der Waals surface area contributed by atoms with Gasteiger partial charge in [-0.05, 0) is 65.4 Å². The van der Waals surface area contributed by atoms with Crippen molar-refractivity contribution in [2.75, 3.05) is 10.6 Å². The number of hydrogen-bond donors (Lipinski definition) is 3. The average molecular weight is 565 g/mol. The molecule has 0 radical (unpaired) electrons. The first-order chi connectivity index (χ1) is 18.5. The molecule has 3 aromatic rings. The molecule has 200 valence electrons. The van der Waals surface area contributed by atoms with Gasteiger partial charge in [0, 0.05) is 28.4 Å². The van der Waals surface area contributed by atoms with E-state index in [1.165, 1.54) is 6.07 Å². The Balaban J connectivity index is 1.71. The number of rotatable bonds is 4. The molecule has 3 N–H and O–H groups in total. The minimum Gasteiger partial charge on any atom is -0.325 e. The maximum Gasteiger partial charge on any atom is 0.242 e. The molecular formula is C30H27Cl2FN4O2. The van der Waals surface area contributed by atoms with Crippen LogP contribution in [0, 0.1) is 22.6 Å². The zero-order valence-electron chi connectivity index (χ0n) is 21.6. The molecule has 0 bridgehead atoms. The Bertz CT molecular complexity index is 1510. The number of fused-ring (bicyclic) bond motifs is 2. The Kier molecular flexibility index (Phi) is 6.92. The summed E-state index contributed by atoms with van der Waals surface area (Å²) < 4.78 is 15.8. The molecule has 2 aliphatic rings. The number of benzene rings is 3. The lowest BCUT2D eigenvalue weighted by Gasteiger charge is -2.37. The first kappa shape index (κ1) is 27.1. The van der Waals surface area contributed by atoms with Gasteiger partial charge in [-0.2, -0.15) is 5.26 Å². The molecule has 0 aliphatic carbocycles. The van der Waals surface area contributed by atoms with E-state index in [1.807, 2.05) is 6.07 Å². The second kappa shape index (κ2) is 9.95. The molecule has 1 spiro atoms.